The van der Waals surface area contributed by atoms with Crippen LogP contribution >= 0.6 is 12.2 Å². The van der Waals surface area contributed by atoms with Gasteiger partial charge >= 0.3 is 0 Å². The summed E-state index contributed by atoms with van der Waals surface area (Å²) >= 11 is 5.29. The van der Waals surface area contributed by atoms with Crippen molar-refractivity contribution in [2.24, 2.45) is 0 Å². The van der Waals surface area contributed by atoms with Crippen molar-refractivity contribution < 1.29 is 14.3 Å². The highest BCUT2D eigenvalue weighted by molar-refractivity contribution is 7.80. The molecule has 1 aliphatic heterocycles. The minimum absolute atomic E-state index is 0.00408. The van der Waals surface area contributed by atoms with Gasteiger partial charge in [0.2, 0.25) is 0 Å². The molecule has 2 N–H and O–H groups in total. The lowest BCUT2D eigenvalue weighted by atomic mass is 10.1. The summed E-state index contributed by atoms with van der Waals surface area (Å²) in [5, 5.41) is 5.82. The number of piperazine rings is 1. The number of nitrogens with zero attached hydrogens (tertiary/aromatic N) is 2. The van der Waals surface area contributed by atoms with Crippen LogP contribution in [-0.4, -0.2) is 66.6 Å². The van der Waals surface area contributed by atoms with E-state index in [4.69, 9.17) is 17.0 Å². The van der Waals surface area contributed by atoms with E-state index in [9.17, 15) is 9.59 Å². The van der Waals surface area contributed by atoms with E-state index in [-0.39, 0.29) is 16.9 Å². The third kappa shape index (κ3) is 6.50. The van der Waals surface area contributed by atoms with Crippen LogP contribution in [0.3, 0.4) is 0 Å². The molecule has 0 spiro atoms. The fourth-order valence-corrected chi connectivity index (χ4v) is 3.42. The number of thiocarbonyl (C=S) groups is 1. The molecule has 1 saturated heterocycles. The van der Waals surface area contributed by atoms with Crippen molar-refractivity contribution >= 4 is 34.8 Å². The molecule has 7 nitrogen and oxygen atoms in total. The number of amides is 2. The lowest BCUT2D eigenvalue weighted by Gasteiger charge is -2.32. The van der Waals surface area contributed by atoms with Crippen molar-refractivity contribution in [1.29, 1.82) is 0 Å². The highest BCUT2D eigenvalue weighted by Gasteiger charge is 2.20. The number of carbonyl (C=O) groups excluding carboxylic acids is 2. The molecule has 0 bridgehead atoms. The Bertz CT molecular complexity index is 942. The Morgan fingerprint density at radius 1 is 1.03 bits per heavy atom. The molecule has 1 heterocycles. The van der Waals surface area contributed by atoms with Crippen LogP contribution in [0.2, 0.25) is 0 Å². The van der Waals surface area contributed by atoms with Crippen LogP contribution in [-0.2, 0) is 0 Å². The Balaban J connectivity index is 1.59. The second-order valence-electron chi connectivity index (χ2n) is 7.46. The summed E-state index contributed by atoms with van der Waals surface area (Å²) in [6.45, 7) is 5.77. The first-order valence-corrected chi connectivity index (χ1v) is 10.8. The Morgan fingerprint density at radius 2 is 1.74 bits per heavy atom. The van der Waals surface area contributed by atoms with E-state index in [1.54, 1.807) is 42.5 Å². The normalized spacial score (nSPS) is 14.1. The van der Waals surface area contributed by atoms with Crippen LogP contribution in [0.5, 0.6) is 5.75 Å². The Labute approximate surface area is 188 Å². The van der Waals surface area contributed by atoms with Gasteiger partial charge in [-0.3, -0.25) is 14.9 Å². The minimum Gasteiger partial charge on any atom is -0.494 e. The summed E-state index contributed by atoms with van der Waals surface area (Å²) in [6, 6.07) is 14.1. The maximum atomic E-state index is 12.8. The predicted octanol–water partition coefficient (Wildman–Crippen LogP) is 2.99. The van der Waals surface area contributed by atoms with Gasteiger partial charge in [-0.15, -0.1) is 0 Å². The van der Waals surface area contributed by atoms with Crippen molar-refractivity contribution in [2.45, 2.75) is 13.3 Å². The van der Waals surface area contributed by atoms with Crippen LogP contribution in [0.1, 0.15) is 34.1 Å². The van der Waals surface area contributed by atoms with E-state index < -0.39 is 0 Å². The quantitative estimate of drug-likeness (QED) is 0.673. The smallest absolute Gasteiger partial charge is 0.257 e. The molecule has 2 amide bonds. The van der Waals surface area contributed by atoms with Gasteiger partial charge in [-0.1, -0.05) is 19.1 Å². The molecule has 1 aliphatic rings. The molecule has 0 radical (unpaired) electrons. The summed E-state index contributed by atoms with van der Waals surface area (Å²) in [4.78, 5) is 29.4. The van der Waals surface area contributed by atoms with Crippen LogP contribution < -0.4 is 15.4 Å². The van der Waals surface area contributed by atoms with Crippen molar-refractivity contribution in [3.63, 3.8) is 0 Å². The Morgan fingerprint density at radius 3 is 2.48 bits per heavy atom. The second-order valence-corrected chi connectivity index (χ2v) is 7.87. The van der Waals surface area contributed by atoms with Gasteiger partial charge in [0.05, 0.1) is 6.61 Å². The molecule has 3 rings (SSSR count). The molecular weight excluding hydrogens is 412 g/mol. The summed E-state index contributed by atoms with van der Waals surface area (Å²) < 4.78 is 5.57. The molecule has 0 atom stereocenters. The lowest BCUT2D eigenvalue weighted by molar-refractivity contribution is 0.0664. The average Bonchev–Trinajstić information content (AvgIpc) is 2.78. The van der Waals surface area contributed by atoms with E-state index in [0.717, 1.165) is 19.5 Å². The van der Waals surface area contributed by atoms with E-state index in [2.05, 4.69) is 22.6 Å². The number of rotatable bonds is 6. The number of likely N-dealkylation sites (N-methyl/N-ethyl adjacent to an activating group) is 1. The minimum atomic E-state index is -0.330. The number of nitrogens with one attached hydrogen (secondary N) is 2. The van der Waals surface area contributed by atoms with Crippen LogP contribution in [0, 0.1) is 0 Å². The summed E-state index contributed by atoms with van der Waals surface area (Å²) in [7, 11) is 2.05. The topological polar surface area (TPSA) is 73.9 Å². The van der Waals surface area contributed by atoms with E-state index in [0.29, 0.717) is 42.3 Å². The SMILES string of the molecule is CCCOc1cccc(C(=O)NC(=S)Nc2cccc(C(=O)N3CCN(C)CC3)c2)c1. The Hall–Kier alpha value is -2.97. The number of carbonyl (C=O) groups is 2. The third-order valence-electron chi connectivity index (χ3n) is 4.95. The zero-order valence-corrected chi connectivity index (χ0v) is 18.7. The van der Waals surface area contributed by atoms with Gasteiger partial charge in [0.1, 0.15) is 5.75 Å². The highest BCUT2D eigenvalue weighted by Crippen LogP contribution is 2.15. The molecule has 164 valence electrons. The molecule has 0 saturated carbocycles. The van der Waals surface area contributed by atoms with E-state index in [1.165, 1.54) is 0 Å². The number of hydrogen-bond donors (Lipinski definition) is 2. The molecule has 2 aromatic rings. The molecule has 1 fully saturated rings. The number of anilines is 1. The molecule has 0 aliphatic carbocycles. The fraction of sp³-hybridized carbons (Fsp3) is 0.348. The maximum Gasteiger partial charge on any atom is 0.257 e. The van der Waals surface area contributed by atoms with Gasteiger partial charge in [0.25, 0.3) is 11.8 Å². The number of benzene rings is 2. The average molecular weight is 441 g/mol. The van der Waals surface area contributed by atoms with Gasteiger partial charge in [-0.2, -0.15) is 0 Å². The zero-order valence-electron chi connectivity index (χ0n) is 17.9. The zero-order chi connectivity index (χ0) is 22.2. The van der Waals surface area contributed by atoms with Crippen molar-refractivity contribution in [2.75, 3.05) is 45.2 Å². The van der Waals surface area contributed by atoms with Crippen molar-refractivity contribution in [3.8, 4) is 5.75 Å². The maximum absolute atomic E-state index is 12.8. The standard InChI is InChI=1S/C23H28N4O3S/c1-3-14-30-20-9-5-6-17(16-20)21(28)25-23(31)24-19-8-4-7-18(15-19)22(29)27-12-10-26(2)11-13-27/h4-9,15-16H,3,10-14H2,1-2H3,(H2,24,25,28,31). The van der Waals surface area contributed by atoms with Gasteiger partial charge in [0.15, 0.2) is 5.11 Å². The van der Waals surface area contributed by atoms with E-state index >= 15 is 0 Å². The van der Waals surface area contributed by atoms with E-state index in [1.807, 2.05) is 17.9 Å². The first-order chi connectivity index (χ1) is 15.0. The number of ether oxygens (including phenoxy) is 1. The van der Waals surface area contributed by atoms with Gasteiger partial charge in [-0.25, -0.2) is 0 Å². The molecule has 31 heavy (non-hydrogen) atoms. The van der Waals surface area contributed by atoms with Crippen LogP contribution in [0.4, 0.5) is 5.69 Å². The molecular formula is C23H28N4O3S. The molecule has 8 heteroatoms. The summed E-state index contributed by atoms with van der Waals surface area (Å²) in [5.41, 5.74) is 1.69. The third-order valence-corrected chi connectivity index (χ3v) is 5.16. The number of hydrogen-bond acceptors (Lipinski definition) is 5. The van der Waals surface area contributed by atoms with Crippen molar-refractivity contribution in [1.82, 2.24) is 15.1 Å². The largest absolute Gasteiger partial charge is 0.494 e. The Kier molecular flexibility index (Phi) is 7.97. The summed E-state index contributed by atoms with van der Waals surface area (Å²) in [6.07, 6.45) is 0.890. The lowest BCUT2D eigenvalue weighted by Crippen LogP contribution is -2.47. The van der Waals surface area contributed by atoms with Crippen LogP contribution in [0.15, 0.2) is 48.5 Å². The van der Waals surface area contributed by atoms with Crippen molar-refractivity contribution in [3.05, 3.63) is 59.7 Å². The highest BCUT2D eigenvalue weighted by atomic mass is 32.1. The van der Waals surface area contributed by atoms with Gasteiger partial charge in [-0.05, 0) is 62.1 Å². The fourth-order valence-electron chi connectivity index (χ4n) is 3.21. The second kappa shape index (κ2) is 10.9. The molecule has 0 unspecified atom stereocenters. The van der Waals surface area contributed by atoms with Gasteiger partial charge in [0, 0.05) is 43.0 Å². The summed E-state index contributed by atoms with van der Waals surface area (Å²) in [5.74, 6) is 0.309. The van der Waals surface area contributed by atoms with Crippen LogP contribution in [0.25, 0.3) is 0 Å². The molecule has 0 aromatic heterocycles. The predicted molar refractivity (Wildman–Crippen MR) is 126 cm³/mol. The first-order valence-electron chi connectivity index (χ1n) is 10.4. The first kappa shape index (κ1) is 22.7. The van der Waals surface area contributed by atoms with Gasteiger partial charge < -0.3 is 19.9 Å². The monoisotopic (exact) mass is 440 g/mol. The molecule has 2 aromatic carbocycles.